The molecule has 0 saturated carbocycles. The topological polar surface area (TPSA) is 122 Å². The van der Waals surface area contributed by atoms with Crippen molar-refractivity contribution in [3.05, 3.63) is 54.6 Å². The van der Waals surface area contributed by atoms with E-state index in [-0.39, 0.29) is 43.0 Å². The lowest BCUT2D eigenvalue weighted by Crippen LogP contribution is -2.51. The summed E-state index contributed by atoms with van der Waals surface area (Å²) in [6.07, 6.45) is -0.0664. The standard InChI is InChI=1S/C25H32N2O7S/c1-24(2,3)34-23(29)27-16-13-25(14-17-27,22(28)26-30)15-18-35(31,32)21-11-9-20(10-12-21)33-19-7-5-4-6-8-19/h4-12,30H,13-18H2,1-3H3,(H,26,28). The van der Waals surface area contributed by atoms with Gasteiger partial charge in [0.15, 0.2) is 9.84 Å². The van der Waals surface area contributed by atoms with Crippen LogP contribution >= 0.6 is 0 Å². The summed E-state index contributed by atoms with van der Waals surface area (Å²) in [5.41, 5.74) is -0.0838. The molecule has 0 aromatic heterocycles. The molecule has 0 radical (unpaired) electrons. The Labute approximate surface area is 205 Å². The van der Waals surface area contributed by atoms with Crippen LogP contribution in [0.3, 0.4) is 0 Å². The van der Waals surface area contributed by atoms with Crippen molar-refractivity contribution >= 4 is 21.8 Å². The van der Waals surface area contributed by atoms with E-state index in [1.165, 1.54) is 17.0 Å². The molecule has 1 fully saturated rings. The third kappa shape index (κ3) is 6.95. The average molecular weight is 505 g/mol. The number of benzene rings is 2. The summed E-state index contributed by atoms with van der Waals surface area (Å²) >= 11 is 0. The molecule has 1 heterocycles. The summed E-state index contributed by atoms with van der Waals surface area (Å²) in [7, 11) is -3.71. The molecule has 2 aromatic rings. The number of para-hydroxylation sites is 1. The number of hydrogen-bond donors (Lipinski definition) is 2. The second-order valence-corrected chi connectivity index (χ2v) is 11.8. The van der Waals surface area contributed by atoms with E-state index in [9.17, 15) is 23.2 Å². The lowest BCUT2D eigenvalue weighted by Gasteiger charge is -2.40. The number of hydrogen-bond acceptors (Lipinski definition) is 7. The van der Waals surface area contributed by atoms with Crippen molar-refractivity contribution in [2.75, 3.05) is 18.8 Å². The maximum absolute atomic E-state index is 13.0. The van der Waals surface area contributed by atoms with Crippen molar-refractivity contribution in [2.24, 2.45) is 5.41 Å². The molecule has 1 aliphatic heterocycles. The normalized spacial score (nSPS) is 15.8. The number of carbonyl (C=O) groups excluding carboxylic acids is 2. The average Bonchev–Trinajstić information content (AvgIpc) is 2.82. The molecule has 2 aromatic carbocycles. The Hall–Kier alpha value is -3.11. The van der Waals surface area contributed by atoms with Crippen molar-refractivity contribution in [3.63, 3.8) is 0 Å². The molecule has 190 valence electrons. The second-order valence-electron chi connectivity index (χ2n) is 9.64. The number of sulfone groups is 1. The van der Waals surface area contributed by atoms with Crippen molar-refractivity contribution in [3.8, 4) is 11.5 Å². The fourth-order valence-corrected chi connectivity index (χ4v) is 5.39. The van der Waals surface area contributed by atoms with Gasteiger partial charge in [-0.25, -0.2) is 18.7 Å². The molecule has 35 heavy (non-hydrogen) atoms. The summed E-state index contributed by atoms with van der Waals surface area (Å²) in [5, 5.41) is 9.31. The minimum absolute atomic E-state index is 0.00610. The Morgan fingerprint density at radius 1 is 1.00 bits per heavy atom. The van der Waals surface area contributed by atoms with E-state index in [1.54, 1.807) is 50.5 Å². The molecule has 10 heteroatoms. The molecule has 0 spiro atoms. The zero-order chi connectivity index (χ0) is 25.7. The molecule has 1 saturated heterocycles. The van der Waals surface area contributed by atoms with Crippen LogP contribution in [0.5, 0.6) is 11.5 Å². The Kier molecular flexibility index (Phi) is 8.07. The number of likely N-dealkylation sites (tertiary alicyclic amines) is 1. The highest BCUT2D eigenvalue weighted by atomic mass is 32.2. The number of amides is 2. The smallest absolute Gasteiger partial charge is 0.410 e. The van der Waals surface area contributed by atoms with Gasteiger partial charge in [-0.2, -0.15) is 0 Å². The van der Waals surface area contributed by atoms with E-state index >= 15 is 0 Å². The number of nitrogens with zero attached hydrogens (tertiary/aromatic N) is 1. The van der Waals surface area contributed by atoms with Gasteiger partial charge in [-0.05, 0) is 76.4 Å². The van der Waals surface area contributed by atoms with Gasteiger partial charge in [-0.3, -0.25) is 10.0 Å². The van der Waals surface area contributed by atoms with Gasteiger partial charge in [0.05, 0.1) is 16.1 Å². The van der Waals surface area contributed by atoms with Gasteiger partial charge in [-0.1, -0.05) is 18.2 Å². The summed E-state index contributed by atoms with van der Waals surface area (Å²) < 4.78 is 37.1. The van der Waals surface area contributed by atoms with E-state index < -0.39 is 32.9 Å². The second kappa shape index (κ2) is 10.7. The van der Waals surface area contributed by atoms with Crippen LogP contribution < -0.4 is 10.2 Å². The minimum Gasteiger partial charge on any atom is -0.457 e. The number of ether oxygens (including phenoxy) is 2. The largest absolute Gasteiger partial charge is 0.457 e. The zero-order valence-electron chi connectivity index (χ0n) is 20.2. The maximum Gasteiger partial charge on any atom is 0.410 e. The van der Waals surface area contributed by atoms with Crippen LogP contribution in [0, 0.1) is 5.41 Å². The number of nitrogens with one attached hydrogen (secondary N) is 1. The monoisotopic (exact) mass is 504 g/mol. The fourth-order valence-electron chi connectivity index (χ4n) is 3.94. The van der Waals surface area contributed by atoms with E-state index in [0.29, 0.717) is 11.5 Å². The molecule has 1 aliphatic rings. The highest BCUT2D eigenvalue weighted by molar-refractivity contribution is 7.91. The molecule has 2 N–H and O–H groups in total. The molecule has 3 rings (SSSR count). The molecule has 0 aliphatic carbocycles. The van der Waals surface area contributed by atoms with Crippen LogP contribution in [-0.4, -0.2) is 55.0 Å². The molecule has 0 bridgehead atoms. The molecule has 9 nitrogen and oxygen atoms in total. The summed E-state index contributed by atoms with van der Waals surface area (Å²) in [6.45, 7) is 5.73. The SMILES string of the molecule is CC(C)(C)OC(=O)N1CCC(CCS(=O)(=O)c2ccc(Oc3ccccc3)cc2)(C(=O)NO)CC1. The number of carbonyl (C=O) groups is 2. The van der Waals surface area contributed by atoms with E-state index in [4.69, 9.17) is 9.47 Å². The number of hydroxylamine groups is 1. The first-order valence-corrected chi connectivity index (χ1v) is 13.1. The summed E-state index contributed by atoms with van der Waals surface area (Å²) in [4.78, 5) is 26.5. The number of rotatable bonds is 7. The van der Waals surface area contributed by atoms with Crippen LogP contribution in [-0.2, 0) is 19.4 Å². The lowest BCUT2D eigenvalue weighted by molar-refractivity contribution is -0.143. The predicted octanol–water partition coefficient (Wildman–Crippen LogP) is 4.17. The van der Waals surface area contributed by atoms with Gasteiger partial charge in [0, 0.05) is 13.1 Å². The third-order valence-corrected chi connectivity index (χ3v) is 7.70. The highest BCUT2D eigenvalue weighted by Gasteiger charge is 2.43. The molecule has 2 amide bonds. The Morgan fingerprint density at radius 2 is 1.57 bits per heavy atom. The minimum atomic E-state index is -3.71. The number of piperidine rings is 1. The van der Waals surface area contributed by atoms with Crippen LogP contribution in [0.2, 0.25) is 0 Å². The van der Waals surface area contributed by atoms with Crippen molar-refractivity contribution in [1.82, 2.24) is 10.4 Å². The summed E-state index contributed by atoms with van der Waals surface area (Å²) in [5.74, 6) is 0.202. The molecule has 0 unspecified atom stereocenters. The Morgan fingerprint density at radius 3 is 2.11 bits per heavy atom. The fraction of sp³-hybridized carbons (Fsp3) is 0.440. The third-order valence-electron chi connectivity index (χ3n) is 5.97. The van der Waals surface area contributed by atoms with Crippen LogP contribution in [0.25, 0.3) is 0 Å². The van der Waals surface area contributed by atoms with E-state index in [0.717, 1.165) is 0 Å². The van der Waals surface area contributed by atoms with Gasteiger partial charge in [0.2, 0.25) is 5.91 Å². The molecule has 0 atom stereocenters. The van der Waals surface area contributed by atoms with Gasteiger partial charge < -0.3 is 14.4 Å². The van der Waals surface area contributed by atoms with Crippen LogP contribution in [0.4, 0.5) is 4.79 Å². The van der Waals surface area contributed by atoms with Gasteiger partial charge >= 0.3 is 6.09 Å². The zero-order valence-corrected chi connectivity index (χ0v) is 21.0. The highest BCUT2D eigenvalue weighted by Crippen LogP contribution is 2.37. The van der Waals surface area contributed by atoms with Crippen LogP contribution in [0.15, 0.2) is 59.5 Å². The summed E-state index contributed by atoms with van der Waals surface area (Å²) in [6, 6.07) is 15.2. The van der Waals surface area contributed by atoms with Crippen molar-refractivity contribution in [2.45, 2.75) is 50.5 Å². The van der Waals surface area contributed by atoms with Crippen molar-refractivity contribution < 1.29 is 32.7 Å². The van der Waals surface area contributed by atoms with Gasteiger partial charge in [0.25, 0.3) is 0 Å². The predicted molar refractivity (Wildman–Crippen MR) is 129 cm³/mol. The molecular formula is C25H32N2O7S. The van der Waals surface area contributed by atoms with E-state index in [2.05, 4.69) is 0 Å². The van der Waals surface area contributed by atoms with Crippen LogP contribution in [0.1, 0.15) is 40.0 Å². The van der Waals surface area contributed by atoms with E-state index in [1.807, 2.05) is 18.2 Å². The maximum atomic E-state index is 13.0. The van der Waals surface area contributed by atoms with Gasteiger partial charge in [-0.15, -0.1) is 0 Å². The van der Waals surface area contributed by atoms with Crippen molar-refractivity contribution in [1.29, 1.82) is 0 Å². The first kappa shape index (κ1) is 26.5. The van der Waals surface area contributed by atoms with Gasteiger partial charge in [0.1, 0.15) is 17.1 Å². The first-order chi connectivity index (χ1) is 16.4. The lowest BCUT2D eigenvalue weighted by atomic mass is 9.75. The Bertz CT molecular complexity index is 1120. The quantitative estimate of drug-likeness (QED) is 0.429. The molecular weight excluding hydrogens is 472 g/mol. The Balaban J connectivity index is 1.65. The first-order valence-electron chi connectivity index (χ1n) is 11.4.